The van der Waals surface area contributed by atoms with E-state index in [9.17, 15) is 18.4 Å². The topological polar surface area (TPSA) is 69.6 Å². The second kappa shape index (κ2) is 7.26. The molecule has 0 radical (unpaired) electrons. The number of hydrogen-bond donors (Lipinski definition) is 2. The van der Waals surface area contributed by atoms with E-state index in [1.807, 2.05) is 0 Å². The summed E-state index contributed by atoms with van der Waals surface area (Å²) >= 11 is 0.929. The molecule has 1 aromatic carbocycles. The van der Waals surface area contributed by atoms with Crippen molar-refractivity contribution in [2.75, 3.05) is 25.2 Å². The van der Waals surface area contributed by atoms with E-state index < -0.39 is 29.6 Å². The second-order valence-electron chi connectivity index (χ2n) is 4.52. The van der Waals surface area contributed by atoms with Gasteiger partial charge < -0.3 is 15.3 Å². The zero-order valence-corrected chi connectivity index (χ0v) is 12.6. The Kier molecular flexibility index (Phi) is 5.95. The SMILES string of the molecule is CSc1c(F)cc(NC(=O)N(C)CC(C)C(=O)O)cc1F. The van der Waals surface area contributed by atoms with Crippen molar-refractivity contribution in [3.63, 3.8) is 0 Å². The standard InChI is InChI=1S/C13H16F2N2O3S/c1-7(12(18)19)6-17(2)13(20)16-8-4-9(14)11(21-3)10(15)5-8/h4-5,7H,6H2,1-3H3,(H,16,20)(H,18,19). The molecule has 1 atom stereocenters. The van der Waals surface area contributed by atoms with Gasteiger partial charge in [0.2, 0.25) is 0 Å². The van der Waals surface area contributed by atoms with Gasteiger partial charge in [-0.25, -0.2) is 13.6 Å². The van der Waals surface area contributed by atoms with Crippen LogP contribution in [0.25, 0.3) is 0 Å². The van der Waals surface area contributed by atoms with E-state index >= 15 is 0 Å². The maximum atomic E-state index is 13.6. The van der Waals surface area contributed by atoms with Crippen LogP contribution in [-0.2, 0) is 4.79 Å². The Morgan fingerprint density at radius 1 is 1.38 bits per heavy atom. The molecule has 1 aromatic rings. The van der Waals surface area contributed by atoms with Crippen LogP contribution in [0.5, 0.6) is 0 Å². The monoisotopic (exact) mass is 318 g/mol. The molecule has 1 unspecified atom stereocenters. The predicted molar refractivity (Wildman–Crippen MR) is 76.6 cm³/mol. The molecule has 0 aliphatic heterocycles. The molecule has 2 amide bonds. The fraction of sp³-hybridized carbons (Fsp3) is 0.385. The predicted octanol–water partition coefficient (Wildman–Crippen LogP) is 2.87. The zero-order valence-electron chi connectivity index (χ0n) is 11.8. The van der Waals surface area contributed by atoms with Gasteiger partial charge in [0.15, 0.2) is 0 Å². The first-order valence-corrected chi connectivity index (χ1v) is 7.26. The highest BCUT2D eigenvalue weighted by molar-refractivity contribution is 7.98. The van der Waals surface area contributed by atoms with Crippen LogP contribution in [0.3, 0.4) is 0 Å². The average molecular weight is 318 g/mol. The van der Waals surface area contributed by atoms with E-state index in [-0.39, 0.29) is 17.1 Å². The van der Waals surface area contributed by atoms with E-state index in [1.54, 1.807) is 6.26 Å². The number of aliphatic carboxylic acids is 1. The molecule has 0 heterocycles. The fourth-order valence-electron chi connectivity index (χ4n) is 1.62. The van der Waals surface area contributed by atoms with Gasteiger partial charge in [0.1, 0.15) is 11.6 Å². The number of nitrogens with one attached hydrogen (secondary N) is 1. The molecule has 0 spiro atoms. The van der Waals surface area contributed by atoms with E-state index in [1.165, 1.54) is 14.0 Å². The molecule has 0 aromatic heterocycles. The van der Waals surface area contributed by atoms with Crippen LogP contribution in [0, 0.1) is 17.6 Å². The Balaban J connectivity index is 2.77. The average Bonchev–Trinajstić information content (AvgIpc) is 2.37. The number of thioether (sulfide) groups is 1. The van der Waals surface area contributed by atoms with Gasteiger partial charge in [0.25, 0.3) is 0 Å². The summed E-state index contributed by atoms with van der Waals surface area (Å²) in [6.45, 7) is 1.44. The van der Waals surface area contributed by atoms with Gasteiger partial charge in [-0.3, -0.25) is 4.79 Å². The summed E-state index contributed by atoms with van der Waals surface area (Å²) in [5.74, 6) is -3.30. The first-order chi connectivity index (χ1) is 9.76. The Bertz CT molecular complexity index is 531. The number of amides is 2. The third-order valence-corrected chi connectivity index (χ3v) is 3.57. The minimum Gasteiger partial charge on any atom is -0.481 e. The molecular weight excluding hydrogens is 302 g/mol. The second-order valence-corrected chi connectivity index (χ2v) is 5.34. The lowest BCUT2D eigenvalue weighted by atomic mass is 10.2. The van der Waals surface area contributed by atoms with Gasteiger partial charge in [-0.05, 0) is 18.4 Å². The summed E-state index contributed by atoms with van der Waals surface area (Å²) in [5.41, 5.74) is -0.0253. The number of nitrogens with zero attached hydrogens (tertiary/aromatic N) is 1. The molecule has 0 aliphatic rings. The van der Waals surface area contributed by atoms with E-state index in [4.69, 9.17) is 5.11 Å². The van der Waals surface area contributed by atoms with Crippen molar-refractivity contribution in [2.45, 2.75) is 11.8 Å². The Labute approximate surface area is 125 Å². The normalized spacial score (nSPS) is 11.9. The van der Waals surface area contributed by atoms with Crippen LogP contribution in [0.4, 0.5) is 19.3 Å². The lowest BCUT2D eigenvalue weighted by molar-refractivity contribution is -0.141. The molecule has 116 valence electrons. The molecule has 0 saturated heterocycles. The maximum Gasteiger partial charge on any atom is 0.321 e. The molecule has 0 saturated carbocycles. The number of anilines is 1. The van der Waals surface area contributed by atoms with Crippen LogP contribution in [0.1, 0.15) is 6.92 Å². The van der Waals surface area contributed by atoms with Crippen LogP contribution >= 0.6 is 11.8 Å². The van der Waals surface area contributed by atoms with Crippen LogP contribution in [0.15, 0.2) is 17.0 Å². The Hall–Kier alpha value is -1.83. The Morgan fingerprint density at radius 3 is 2.33 bits per heavy atom. The summed E-state index contributed by atoms with van der Waals surface area (Å²) < 4.78 is 27.2. The molecule has 0 fully saturated rings. The van der Waals surface area contributed by atoms with Gasteiger partial charge in [0.05, 0.1) is 10.8 Å². The minimum absolute atomic E-state index is 0.0188. The first-order valence-electron chi connectivity index (χ1n) is 6.04. The largest absolute Gasteiger partial charge is 0.481 e. The minimum atomic E-state index is -1.03. The summed E-state index contributed by atoms with van der Waals surface area (Å²) in [5, 5.41) is 11.1. The number of halogens is 2. The van der Waals surface area contributed by atoms with Crippen LogP contribution in [0.2, 0.25) is 0 Å². The highest BCUT2D eigenvalue weighted by atomic mass is 32.2. The lowest BCUT2D eigenvalue weighted by Crippen LogP contribution is -2.36. The molecule has 0 bridgehead atoms. The van der Waals surface area contributed by atoms with E-state index in [0.29, 0.717) is 0 Å². The third kappa shape index (κ3) is 4.59. The number of rotatable bonds is 5. The van der Waals surface area contributed by atoms with Crippen molar-refractivity contribution >= 4 is 29.4 Å². The molecule has 2 N–H and O–H groups in total. The van der Waals surface area contributed by atoms with Gasteiger partial charge >= 0.3 is 12.0 Å². The summed E-state index contributed by atoms with van der Waals surface area (Å²) in [7, 11) is 1.40. The maximum absolute atomic E-state index is 13.6. The zero-order chi connectivity index (χ0) is 16.2. The first kappa shape index (κ1) is 17.2. The highest BCUT2D eigenvalue weighted by Gasteiger charge is 2.18. The quantitative estimate of drug-likeness (QED) is 0.819. The van der Waals surface area contributed by atoms with E-state index in [0.717, 1.165) is 28.8 Å². The van der Waals surface area contributed by atoms with Crippen molar-refractivity contribution in [3.05, 3.63) is 23.8 Å². The van der Waals surface area contributed by atoms with Gasteiger partial charge in [-0.15, -0.1) is 11.8 Å². The number of hydrogen-bond acceptors (Lipinski definition) is 3. The molecule has 8 heteroatoms. The van der Waals surface area contributed by atoms with Gasteiger partial charge in [0, 0.05) is 19.3 Å². The molecular formula is C13H16F2N2O3S. The molecule has 1 rings (SSSR count). The summed E-state index contributed by atoms with van der Waals surface area (Å²) in [4.78, 5) is 23.5. The number of urea groups is 1. The van der Waals surface area contributed by atoms with Gasteiger partial charge in [-0.1, -0.05) is 6.92 Å². The summed E-state index contributed by atoms with van der Waals surface area (Å²) in [6, 6.07) is 1.39. The lowest BCUT2D eigenvalue weighted by Gasteiger charge is -2.20. The van der Waals surface area contributed by atoms with Crippen molar-refractivity contribution in [3.8, 4) is 0 Å². The van der Waals surface area contributed by atoms with Crippen LogP contribution < -0.4 is 5.32 Å². The number of carbonyl (C=O) groups excluding carboxylic acids is 1. The fourth-order valence-corrected chi connectivity index (χ4v) is 2.13. The highest BCUT2D eigenvalue weighted by Crippen LogP contribution is 2.26. The Morgan fingerprint density at radius 2 is 1.90 bits per heavy atom. The van der Waals surface area contributed by atoms with E-state index in [2.05, 4.69) is 5.32 Å². The van der Waals surface area contributed by atoms with Crippen LogP contribution in [-0.4, -0.2) is 41.9 Å². The molecule has 21 heavy (non-hydrogen) atoms. The van der Waals surface area contributed by atoms with Crippen molar-refractivity contribution in [1.29, 1.82) is 0 Å². The van der Waals surface area contributed by atoms with Crippen molar-refractivity contribution in [2.24, 2.45) is 5.92 Å². The molecule has 0 aliphatic carbocycles. The third-order valence-electron chi connectivity index (χ3n) is 2.77. The number of carboxylic acids is 1. The number of carbonyl (C=O) groups is 2. The smallest absolute Gasteiger partial charge is 0.321 e. The number of benzene rings is 1. The molecule has 5 nitrogen and oxygen atoms in total. The van der Waals surface area contributed by atoms with Crippen molar-refractivity contribution < 1.29 is 23.5 Å². The van der Waals surface area contributed by atoms with Crippen molar-refractivity contribution in [1.82, 2.24) is 4.90 Å². The number of carboxylic acid groups (broad SMARTS) is 1. The summed E-state index contributed by atoms with van der Waals surface area (Å²) in [6.07, 6.45) is 1.54. The van der Waals surface area contributed by atoms with Gasteiger partial charge in [-0.2, -0.15) is 0 Å².